The number of ether oxygens (including phenoxy) is 1. The monoisotopic (exact) mass is 285 g/mol. The third-order valence-electron chi connectivity index (χ3n) is 3.77. The molecule has 0 aromatic carbocycles. The van der Waals surface area contributed by atoms with E-state index < -0.39 is 0 Å². The predicted molar refractivity (Wildman–Crippen MR) is 79.5 cm³/mol. The number of hydrogen-bond donors (Lipinski definition) is 0. The number of piperidine rings is 1. The van der Waals surface area contributed by atoms with Crippen LogP contribution >= 0.6 is 0 Å². The summed E-state index contributed by atoms with van der Waals surface area (Å²) in [5.74, 6) is 2.33. The normalized spacial score (nSPS) is 16.0. The van der Waals surface area contributed by atoms with Crippen molar-refractivity contribution in [2.24, 2.45) is 0 Å². The highest BCUT2D eigenvalue weighted by Gasteiger charge is 2.23. The number of aryl methyl sites for hydroxylation is 1. The summed E-state index contributed by atoms with van der Waals surface area (Å²) < 4.78 is 5.15. The van der Waals surface area contributed by atoms with Gasteiger partial charge in [-0.15, -0.1) is 0 Å². The minimum atomic E-state index is 0.429. The molecule has 2 aromatic heterocycles. The van der Waals surface area contributed by atoms with Crippen molar-refractivity contribution in [2.75, 3.05) is 25.1 Å². The van der Waals surface area contributed by atoms with E-state index >= 15 is 0 Å². The Kier molecular flexibility index (Phi) is 3.94. The van der Waals surface area contributed by atoms with Crippen LogP contribution in [0.15, 0.2) is 24.5 Å². The first-order chi connectivity index (χ1) is 10.3. The molecule has 0 atom stereocenters. The van der Waals surface area contributed by atoms with Crippen molar-refractivity contribution in [1.29, 1.82) is 0 Å². The van der Waals surface area contributed by atoms with Gasteiger partial charge in [0.05, 0.1) is 7.11 Å². The molecule has 0 amide bonds. The molecule has 3 heterocycles. The molecule has 0 saturated carbocycles. The van der Waals surface area contributed by atoms with Crippen LogP contribution in [0.5, 0.6) is 6.01 Å². The van der Waals surface area contributed by atoms with E-state index in [0.717, 1.165) is 43.3 Å². The van der Waals surface area contributed by atoms with Gasteiger partial charge in [0.2, 0.25) is 0 Å². The van der Waals surface area contributed by atoms with Gasteiger partial charge in [0, 0.05) is 43.2 Å². The Labute approximate surface area is 124 Å². The first kappa shape index (κ1) is 13.7. The lowest BCUT2D eigenvalue weighted by atomic mass is 9.96. The van der Waals surface area contributed by atoms with Gasteiger partial charge in [-0.3, -0.25) is 0 Å². The van der Waals surface area contributed by atoms with E-state index in [1.54, 1.807) is 7.11 Å². The van der Waals surface area contributed by atoms with Gasteiger partial charge in [0.15, 0.2) is 0 Å². The minimum Gasteiger partial charge on any atom is -0.467 e. The topological polar surface area (TPSA) is 64.0 Å². The van der Waals surface area contributed by atoms with Gasteiger partial charge in [0.25, 0.3) is 0 Å². The Morgan fingerprint density at radius 1 is 1.14 bits per heavy atom. The van der Waals surface area contributed by atoms with Crippen LogP contribution in [-0.4, -0.2) is 40.1 Å². The molecule has 6 heteroatoms. The van der Waals surface area contributed by atoms with Gasteiger partial charge in [-0.05, 0) is 25.8 Å². The van der Waals surface area contributed by atoms with Gasteiger partial charge >= 0.3 is 6.01 Å². The Balaban J connectivity index is 1.70. The molecule has 0 bridgehead atoms. The third kappa shape index (κ3) is 3.09. The summed E-state index contributed by atoms with van der Waals surface area (Å²) >= 11 is 0. The molecule has 0 aliphatic carbocycles. The van der Waals surface area contributed by atoms with E-state index in [0.29, 0.717) is 11.9 Å². The van der Waals surface area contributed by atoms with Crippen LogP contribution in [0.1, 0.15) is 30.3 Å². The zero-order valence-corrected chi connectivity index (χ0v) is 12.4. The van der Waals surface area contributed by atoms with Crippen molar-refractivity contribution < 1.29 is 4.74 Å². The van der Waals surface area contributed by atoms with Gasteiger partial charge in [0.1, 0.15) is 11.6 Å². The second-order valence-electron chi connectivity index (χ2n) is 5.22. The molecule has 0 unspecified atom stereocenters. The Morgan fingerprint density at radius 2 is 1.86 bits per heavy atom. The van der Waals surface area contributed by atoms with Crippen LogP contribution in [0.4, 0.5) is 5.82 Å². The summed E-state index contributed by atoms with van der Waals surface area (Å²) in [4.78, 5) is 19.7. The minimum absolute atomic E-state index is 0.429. The van der Waals surface area contributed by atoms with Crippen LogP contribution in [0.25, 0.3) is 0 Å². The summed E-state index contributed by atoms with van der Waals surface area (Å²) in [7, 11) is 1.59. The Morgan fingerprint density at radius 3 is 2.52 bits per heavy atom. The summed E-state index contributed by atoms with van der Waals surface area (Å²) in [6.45, 7) is 3.85. The van der Waals surface area contributed by atoms with Crippen molar-refractivity contribution in [1.82, 2.24) is 19.9 Å². The third-order valence-corrected chi connectivity index (χ3v) is 3.77. The number of nitrogens with zero attached hydrogens (tertiary/aromatic N) is 5. The fourth-order valence-corrected chi connectivity index (χ4v) is 2.67. The molecule has 21 heavy (non-hydrogen) atoms. The lowest BCUT2D eigenvalue weighted by molar-refractivity contribution is 0.377. The maximum absolute atomic E-state index is 5.15. The van der Waals surface area contributed by atoms with Crippen molar-refractivity contribution >= 4 is 5.82 Å². The Bertz CT molecular complexity index is 596. The standard InChI is InChI=1S/C15H19N5O/c1-11-10-13(19-15(18-11)21-2)20-8-4-12(5-9-20)14-16-6-3-7-17-14/h3,6-7,10,12H,4-5,8-9H2,1-2H3. The summed E-state index contributed by atoms with van der Waals surface area (Å²) in [5.41, 5.74) is 0.922. The Hall–Kier alpha value is -2.24. The zero-order chi connectivity index (χ0) is 14.7. The van der Waals surface area contributed by atoms with E-state index in [4.69, 9.17) is 4.74 Å². The smallest absolute Gasteiger partial charge is 0.318 e. The molecule has 110 valence electrons. The van der Waals surface area contributed by atoms with E-state index in [9.17, 15) is 0 Å². The first-order valence-electron chi connectivity index (χ1n) is 7.18. The van der Waals surface area contributed by atoms with Crippen molar-refractivity contribution in [3.05, 3.63) is 36.0 Å². The van der Waals surface area contributed by atoms with E-state index in [1.165, 1.54) is 0 Å². The lowest BCUT2D eigenvalue weighted by Crippen LogP contribution is -2.34. The van der Waals surface area contributed by atoms with Gasteiger partial charge in [-0.2, -0.15) is 4.98 Å². The molecule has 6 nitrogen and oxygen atoms in total. The maximum atomic E-state index is 5.15. The van der Waals surface area contributed by atoms with Gasteiger partial charge in [-0.25, -0.2) is 15.0 Å². The number of anilines is 1. The fourth-order valence-electron chi connectivity index (χ4n) is 2.67. The van der Waals surface area contributed by atoms with Crippen molar-refractivity contribution in [3.8, 4) is 6.01 Å². The van der Waals surface area contributed by atoms with Crippen molar-refractivity contribution in [3.63, 3.8) is 0 Å². The molecule has 1 saturated heterocycles. The highest BCUT2D eigenvalue weighted by molar-refractivity contribution is 5.41. The zero-order valence-electron chi connectivity index (χ0n) is 12.4. The molecule has 3 rings (SSSR count). The second-order valence-corrected chi connectivity index (χ2v) is 5.22. The molecule has 0 radical (unpaired) electrons. The molecule has 1 fully saturated rings. The van der Waals surface area contributed by atoms with Crippen LogP contribution in [0.3, 0.4) is 0 Å². The second kappa shape index (κ2) is 6.03. The number of rotatable bonds is 3. The predicted octanol–water partition coefficient (Wildman–Crippen LogP) is 1.97. The van der Waals surface area contributed by atoms with E-state index in [2.05, 4.69) is 24.8 Å². The number of methoxy groups -OCH3 is 1. The maximum Gasteiger partial charge on any atom is 0.318 e. The summed E-state index contributed by atoms with van der Waals surface area (Å²) in [6, 6.07) is 4.29. The average Bonchev–Trinajstić information content (AvgIpc) is 2.55. The SMILES string of the molecule is COc1nc(C)cc(N2CCC(c3ncccn3)CC2)n1. The fraction of sp³-hybridized carbons (Fsp3) is 0.467. The van der Waals surface area contributed by atoms with E-state index in [1.807, 2.05) is 31.5 Å². The average molecular weight is 285 g/mol. The van der Waals surface area contributed by atoms with Crippen LogP contribution in [-0.2, 0) is 0 Å². The molecule has 0 N–H and O–H groups in total. The highest BCUT2D eigenvalue weighted by Crippen LogP contribution is 2.28. The van der Waals surface area contributed by atoms with Gasteiger partial charge in [-0.1, -0.05) is 0 Å². The molecule has 2 aromatic rings. The highest BCUT2D eigenvalue weighted by atomic mass is 16.5. The van der Waals surface area contributed by atoms with Gasteiger partial charge < -0.3 is 9.64 Å². The summed E-state index contributed by atoms with van der Waals surface area (Å²) in [6.07, 6.45) is 5.70. The van der Waals surface area contributed by atoms with Crippen molar-refractivity contribution in [2.45, 2.75) is 25.7 Å². The molecular formula is C15H19N5O. The molecule has 1 aliphatic rings. The molecular weight excluding hydrogens is 266 g/mol. The van der Waals surface area contributed by atoms with Crippen LogP contribution in [0, 0.1) is 6.92 Å². The number of aromatic nitrogens is 4. The van der Waals surface area contributed by atoms with Crippen LogP contribution < -0.4 is 9.64 Å². The van der Waals surface area contributed by atoms with E-state index in [-0.39, 0.29) is 0 Å². The molecule has 1 aliphatic heterocycles. The summed E-state index contributed by atoms with van der Waals surface area (Å²) in [5, 5.41) is 0. The quantitative estimate of drug-likeness (QED) is 0.859. The lowest BCUT2D eigenvalue weighted by Gasteiger charge is -2.32. The first-order valence-corrected chi connectivity index (χ1v) is 7.18. The molecule has 0 spiro atoms. The van der Waals surface area contributed by atoms with Crippen LogP contribution in [0.2, 0.25) is 0 Å². The largest absolute Gasteiger partial charge is 0.467 e. The number of hydrogen-bond acceptors (Lipinski definition) is 6.